The highest BCUT2D eigenvalue weighted by Gasteiger charge is 2.34. The summed E-state index contributed by atoms with van der Waals surface area (Å²) in [6, 6.07) is 9.29. The molecule has 0 aromatic heterocycles. The molecule has 1 aliphatic rings. The number of imide groups is 1. The topological polar surface area (TPSA) is 133 Å². The number of nitrogens with zero attached hydrogens (tertiary/aromatic N) is 2. The number of nitro groups is 1. The summed E-state index contributed by atoms with van der Waals surface area (Å²) in [5.41, 5.74) is 0.548. The SMILES string of the molecule is COCCN1C(=O)S/C(=C\c2ccc(OS(=O)(=O)c3ccc(C)c([N+](=O)[O-])c3)cc2)C1=O. The number of carbonyl (C=O) groups is 2. The highest BCUT2D eigenvalue weighted by molar-refractivity contribution is 8.18. The number of nitro benzene ring substituents is 1. The summed E-state index contributed by atoms with van der Waals surface area (Å²) in [5.74, 6) is -0.445. The molecule has 0 atom stereocenters. The molecule has 1 saturated heterocycles. The highest BCUT2D eigenvalue weighted by Crippen LogP contribution is 2.32. The van der Waals surface area contributed by atoms with Crippen LogP contribution in [0.3, 0.4) is 0 Å². The van der Waals surface area contributed by atoms with Gasteiger partial charge in [0.05, 0.1) is 23.0 Å². The Balaban J connectivity index is 1.76. The quantitative estimate of drug-likeness (QED) is 0.242. The number of thioether (sulfide) groups is 1. The molecule has 2 aromatic carbocycles. The highest BCUT2D eigenvalue weighted by atomic mass is 32.2. The fourth-order valence-corrected chi connectivity index (χ4v) is 4.58. The summed E-state index contributed by atoms with van der Waals surface area (Å²) in [5, 5.41) is 10.7. The molecule has 0 aliphatic carbocycles. The van der Waals surface area contributed by atoms with Gasteiger partial charge in [-0.05, 0) is 48.5 Å². The first-order valence-corrected chi connectivity index (χ1v) is 11.4. The number of hydrogen-bond donors (Lipinski definition) is 0. The van der Waals surface area contributed by atoms with Crippen molar-refractivity contribution < 1.29 is 31.9 Å². The van der Waals surface area contributed by atoms with Gasteiger partial charge in [0.25, 0.3) is 16.8 Å². The van der Waals surface area contributed by atoms with E-state index in [0.29, 0.717) is 11.1 Å². The number of carbonyl (C=O) groups excluding carboxylic acids is 2. The van der Waals surface area contributed by atoms with Crippen LogP contribution in [0.2, 0.25) is 0 Å². The number of aryl methyl sites for hydroxylation is 1. The van der Waals surface area contributed by atoms with Gasteiger partial charge in [-0.2, -0.15) is 8.42 Å². The lowest BCUT2D eigenvalue weighted by Crippen LogP contribution is -2.31. The molecule has 168 valence electrons. The first-order chi connectivity index (χ1) is 15.1. The Labute approximate surface area is 188 Å². The van der Waals surface area contributed by atoms with Crippen molar-refractivity contribution in [2.75, 3.05) is 20.3 Å². The number of methoxy groups -OCH3 is 1. The van der Waals surface area contributed by atoms with Crippen molar-refractivity contribution in [3.05, 3.63) is 68.6 Å². The molecule has 12 heteroatoms. The first kappa shape index (κ1) is 23.4. The van der Waals surface area contributed by atoms with Crippen LogP contribution in [0.15, 0.2) is 52.3 Å². The summed E-state index contributed by atoms with van der Waals surface area (Å²) in [6.45, 7) is 1.89. The van der Waals surface area contributed by atoms with E-state index in [9.17, 15) is 28.1 Å². The summed E-state index contributed by atoms with van der Waals surface area (Å²) in [4.78, 5) is 35.7. The normalized spacial score (nSPS) is 15.4. The average Bonchev–Trinajstić information content (AvgIpc) is 3.00. The Bertz CT molecular complexity index is 1210. The zero-order valence-electron chi connectivity index (χ0n) is 17.0. The van der Waals surface area contributed by atoms with Crippen LogP contribution in [0, 0.1) is 17.0 Å². The Morgan fingerprint density at radius 1 is 1.16 bits per heavy atom. The summed E-state index contributed by atoms with van der Waals surface area (Å²) in [7, 11) is -2.82. The minimum Gasteiger partial charge on any atom is -0.383 e. The van der Waals surface area contributed by atoms with E-state index in [0.717, 1.165) is 22.7 Å². The van der Waals surface area contributed by atoms with E-state index in [4.69, 9.17) is 8.92 Å². The van der Waals surface area contributed by atoms with Gasteiger partial charge < -0.3 is 8.92 Å². The molecule has 0 bridgehead atoms. The third kappa shape index (κ3) is 5.15. The van der Waals surface area contributed by atoms with Gasteiger partial charge in [0.15, 0.2) is 0 Å². The lowest BCUT2D eigenvalue weighted by atomic mass is 10.2. The Kier molecular flexibility index (Phi) is 6.96. The third-order valence-electron chi connectivity index (χ3n) is 4.44. The molecule has 32 heavy (non-hydrogen) atoms. The molecule has 0 spiro atoms. The van der Waals surface area contributed by atoms with Gasteiger partial charge >= 0.3 is 10.1 Å². The molecule has 2 amide bonds. The molecule has 1 heterocycles. The van der Waals surface area contributed by atoms with Crippen LogP contribution in [0.4, 0.5) is 10.5 Å². The molecule has 2 aromatic rings. The van der Waals surface area contributed by atoms with E-state index >= 15 is 0 Å². The van der Waals surface area contributed by atoms with Crippen molar-refractivity contribution >= 4 is 44.8 Å². The summed E-state index contributed by atoms with van der Waals surface area (Å²) in [6.07, 6.45) is 1.51. The van der Waals surface area contributed by atoms with E-state index in [2.05, 4.69) is 0 Å². The van der Waals surface area contributed by atoms with E-state index in [-0.39, 0.29) is 34.4 Å². The average molecular weight is 479 g/mol. The monoisotopic (exact) mass is 478 g/mol. The first-order valence-electron chi connectivity index (χ1n) is 9.16. The predicted molar refractivity (Wildman–Crippen MR) is 117 cm³/mol. The molecule has 0 saturated carbocycles. The zero-order chi connectivity index (χ0) is 23.5. The van der Waals surface area contributed by atoms with Crippen molar-refractivity contribution in [2.45, 2.75) is 11.8 Å². The van der Waals surface area contributed by atoms with Gasteiger partial charge in [-0.1, -0.05) is 18.2 Å². The molecule has 0 N–H and O–H groups in total. The fraction of sp³-hybridized carbons (Fsp3) is 0.200. The van der Waals surface area contributed by atoms with Crippen LogP contribution in [-0.2, 0) is 19.6 Å². The maximum atomic E-state index is 12.5. The van der Waals surface area contributed by atoms with Gasteiger partial charge in [-0.25, -0.2) is 0 Å². The number of ether oxygens (including phenoxy) is 1. The van der Waals surface area contributed by atoms with Crippen LogP contribution < -0.4 is 4.18 Å². The second-order valence-electron chi connectivity index (χ2n) is 6.64. The molecule has 0 radical (unpaired) electrons. The maximum Gasteiger partial charge on any atom is 0.339 e. The number of rotatable bonds is 8. The smallest absolute Gasteiger partial charge is 0.339 e. The number of hydrogen-bond acceptors (Lipinski definition) is 9. The van der Waals surface area contributed by atoms with E-state index < -0.39 is 26.2 Å². The van der Waals surface area contributed by atoms with Crippen molar-refractivity contribution in [3.63, 3.8) is 0 Å². The van der Waals surface area contributed by atoms with Gasteiger partial charge in [-0.3, -0.25) is 24.6 Å². The summed E-state index contributed by atoms with van der Waals surface area (Å²) < 4.78 is 34.9. The van der Waals surface area contributed by atoms with Gasteiger partial charge in [0, 0.05) is 18.7 Å². The van der Waals surface area contributed by atoms with Crippen LogP contribution in [0.5, 0.6) is 5.75 Å². The van der Waals surface area contributed by atoms with E-state index in [1.54, 1.807) is 0 Å². The molecular weight excluding hydrogens is 460 g/mol. The molecule has 1 aliphatic heterocycles. The molecule has 0 unspecified atom stereocenters. The van der Waals surface area contributed by atoms with Crippen LogP contribution >= 0.6 is 11.8 Å². The van der Waals surface area contributed by atoms with E-state index in [1.165, 1.54) is 56.5 Å². The second-order valence-corrected chi connectivity index (χ2v) is 9.18. The third-order valence-corrected chi connectivity index (χ3v) is 6.59. The largest absolute Gasteiger partial charge is 0.383 e. The van der Waals surface area contributed by atoms with Crippen molar-refractivity contribution in [1.82, 2.24) is 4.90 Å². The maximum absolute atomic E-state index is 12.5. The lowest BCUT2D eigenvalue weighted by Gasteiger charge is -2.10. The van der Waals surface area contributed by atoms with Gasteiger partial charge in [0.2, 0.25) is 0 Å². The van der Waals surface area contributed by atoms with Crippen molar-refractivity contribution in [2.24, 2.45) is 0 Å². The van der Waals surface area contributed by atoms with Gasteiger partial charge in [-0.15, -0.1) is 0 Å². The molecular formula is C20H18N2O8S2. The molecule has 1 fully saturated rings. The van der Waals surface area contributed by atoms with Crippen LogP contribution in [-0.4, -0.2) is 49.6 Å². The summed E-state index contributed by atoms with van der Waals surface area (Å²) >= 11 is 0.804. The number of amides is 2. The zero-order valence-corrected chi connectivity index (χ0v) is 18.6. The van der Waals surface area contributed by atoms with Crippen molar-refractivity contribution in [1.29, 1.82) is 0 Å². The van der Waals surface area contributed by atoms with E-state index in [1.807, 2.05) is 0 Å². The lowest BCUT2D eigenvalue weighted by molar-refractivity contribution is -0.385. The van der Waals surface area contributed by atoms with Crippen LogP contribution in [0.25, 0.3) is 6.08 Å². The fourth-order valence-electron chi connectivity index (χ4n) is 2.76. The van der Waals surface area contributed by atoms with Crippen molar-refractivity contribution in [3.8, 4) is 5.75 Å². The van der Waals surface area contributed by atoms with Gasteiger partial charge in [0.1, 0.15) is 10.6 Å². The minimum atomic E-state index is -4.29. The standard InChI is InChI=1S/C20H18N2O8S2/c1-13-3-8-16(12-17(13)22(25)26)32(27,28)30-15-6-4-14(5-7-15)11-18-19(23)21(9-10-29-2)20(24)31-18/h3-8,11-12H,9-10H2,1-2H3/b18-11-. The Hall–Kier alpha value is -3.22. The number of benzene rings is 2. The van der Waals surface area contributed by atoms with Crippen LogP contribution in [0.1, 0.15) is 11.1 Å². The predicted octanol–water partition coefficient (Wildman–Crippen LogP) is 3.35. The Morgan fingerprint density at radius 3 is 2.47 bits per heavy atom. The molecule has 3 rings (SSSR count). The second kappa shape index (κ2) is 9.51. The minimum absolute atomic E-state index is 0.0152. The molecule has 10 nitrogen and oxygen atoms in total. The Morgan fingerprint density at radius 2 is 1.84 bits per heavy atom.